The standard InChI is InChI=1S/C17H15NO2S/c1-3-6-13-10-9-12(2)11-15(13)17-14-7-4-5-8-16(14)21(19,20)18-17/h3-5,7-11H,1,6H2,2H3. The molecule has 0 spiro atoms. The number of allylic oxidation sites excluding steroid dienone is 1. The van der Waals surface area contributed by atoms with Crippen LogP contribution in [0.3, 0.4) is 0 Å². The third-order valence-corrected chi connectivity index (χ3v) is 4.85. The fourth-order valence-corrected chi connectivity index (χ4v) is 3.77. The van der Waals surface area contributed by atoms with Crippen molar-refractivity contribution < 1.29 is 8.42 Å². The molecule has 0 amide bonds. The molecule has 0 saturated heterocycles. The highest BCUT2D eigenvalue weighted by molar-refractivity contribution is 7.90. The van der Waals surface area contributed by atoms with Gasteiger partial charge in [-0.05, 0) is 31.0 Å². The molecule has 0 radical (unpaired) electrons. The Hall–Kier alpha value is -2.20. The van der Waals surface area contributed by atoms with Crippen molar-refractivity contribution in [2.45, 2.75) is 18.2 Å². The zero-order chi connectivity index (χ0) is 15.0. The molecule has 2 aromatic rings. The van der Waals surface area contributed by atoms with Crippen molar-refractivity contribution in [1.82, 2.24) is 0 Å². The summed E-state index contributed by atoms with van der Waals surface area (Å²) in [6.45, 7) is 5.74. The summed E-state index contributed by atoms with van der Waals surface area (Å²) in [6, 6.07) is 13.0. The summed E-state index contributed by atoms with van der Waals surface area (Å²) in [5.74, 6) is 0. The Balaban J connectivity index is 2.27. The molecule has 21 heavy (non-hydrogen) atoms. The van der Waals surface area contributed by atoms with Gasteiger partial charge in [-0.15, -0.1) is 6.58 Å². The Morgan fingerprint density at radius 1 is 1.14 bits per heavy atom. The van der Waals surface area contributed by atoms with Gasteiger partial charge in [-0.25, -0.2) is 0 Å². The van der Waals surface area contributed by atoms with Crippen molar-refractivity contribution in [1.29, 1.82) is 0 Å². The average molecular weight is 297 g/mol. The number of sulfonamides is 1. The van der Waals surface area contributed by atoms with Crippen molar-refractivity contribution in [2.75, 3.05) is 0 Å². The summed E-state index contributed by atoms with van der Waals surface area (Å²) >= 11 is 0. The summed E-state index contributed by atoms with van der Waals surface area (Å²) < 4.78 is 28.4. The molecule has 1 aliphatic heterocycles. The van der Waals surface area contributed by atoms with Crippen LogP contribution in [0.4, 0.5) is 0 Å². The molecule has 2 aromatic carbocycles. The smallest absolute Gasteiger partial charge is 0.199 e. The molecular weight excluding hydrogens is 282 g/mol. The quantitative estimate of drug-likeness (QED) is 0.816. The lowest BCUT2D eigenvalue weighted by atomic mass is 9.94. The van der Waals surface area contributed by atoms with Gasteiger partial charge in [0.25, 0.3) is 10.0 Å². The Labute approximate surface area is 124 Å². The first-order chi connectivity index (χ1) is 10.0. The van der Waals surface area contributed by atoms with Crippen LogP contribution in [0.25, 0.3) is 0 Å². The summed E-state index contributed by atoms with van der Waals surface area (Å²) in [5, 5.41) is 0. The summed E-state index contributed by atoms with van der Waals surface area (Å²) in [7, 11) is -3.59. The van der Waals surface area contributed by atoms with Crippen molar-refractivity contribution in [3.63, 3.8) is 0 Å². The van der Waals surface area contributed by atoms with Crippen molar-refractivity contribution >= 4 is 15.7 Å². The molecule has 0 atom stereocenters. The highest BCUT2D eigenvalue weighted by atomic mass is 32.2. The van der Waals surface area contributed by atoms with E-state index in [9.17, 15) is 8.42 Å². The largest absolute Gasteiger partial charge is 0.283 e. The number of hydrogen-bond donors (Lipinski definition) is 0. The van der Waals surface area contributed by atoms with E-state index in [-0.39, 0.29) is 4.90 Å². The molecule has 0 fully saturated rings. The van der Waals surface area contributed by atoms with Crippen LogP contribution in [-0.4, -0.2) is 14.1 Å². The minimum Gasteiger partial charge on any atom is -0.199 e. The number of rotatable bonds is 3. The molecule has 0 aromatic heterocycles. The highest BCUT2D eigenvalue weighted by Crippen LogP contribution is 2.30. The maximum absolute atomic E-state index is 12.2. The van der Waals surface area contributed by atoms with Gasteiger partial charge in [0, 0.05) is 11.1 Å². The van der Waals surface area contributed by atoms with Crippen molar-refractivity contribution in [2.24, 2.45) is 4.40 Å². The van der Waals surface area contributed by atoms with Crippen LogP contribution in [0.15, 0.2) is 64.4 Å². The molecule has 3 nitrogen and oxygen atoms in total. The Morgan fingerprint density at radius 3 is 2.67 bits per heavy atom. The fourth-order valence-electron chi connectivity index (χ4n) is 2.54. The maximum atomic E-state index is 12.2. The van der Waals surface area contributed by atoms with E-state index < -0.39 is 10.0 Å². The minimum absolute atomic E-state index is 0.283. The molecule has 3 rings (SSSR count). The van der Waals surface area contributed by atoms with E-state index in [4.69, 9.17) is 0 Å². The Bertz CT molecular complexity index is 864. The van der Waals surface area contributed by atoms with Gasteiger partial charge in [0.15, 0.2) is 0 Å². The van der Waals surface area contributed by atoms with Gasteiger partial charge in [0.05, 0.1) is 10.6 Å². The molecule has 1 aliphatic rings. The zero-order valence-corrected chi connectivity index (χ0v) is 12.5. The third-order valence-electron chi connectivity index (χ3n) is 3.52. The van der Waals surface area contributed by atoms with Crippen LogP contribution >= 0.6 is 0 Å². The molecule has 0 bridgehead atoms. The molecule has 0 aliphatic carbocycles. The molecule has 4 heteroatoms. The number of hydrogen-bond acceptors (Lipinski definition) is 2. The number of aryl methyl sites for hydroxylation is 1. The molecular formula is C17H15NO2S. The maximum Gasteiger partial charge on any atom is 0.283 e. The second-order valence-electron chi connectivity index (χ2n) is 5.06. The van der Waals surface area contributed by atoms with Gasteiger partial charge in [-0.2, -0.15) is 12.8 Å². The van der Waals surface area contributed by atoms with Crippen LogP contribution in [0.5, 0.6) is 0 Å². The van der Waals surface area contributed by atoms with Crippen LogP contribution in [0, 0.1) is 6.92 Å². The second kappa shape index (κ2) is 4.97. The monoisotopic (exact) mass is 297 g/mol. The number of benzene rings is 2. The molecule has 0 saturated carbocycles. The SMILES string of the molecule is C=CCc1ccc(C)cc1C1=NS(=O)(=O)c2ccccc21. The van der Waals surface area contributed by atoms with Crippen molar-refractivity contribution in [3.8, 4) is 0 Å². The molecule has 1 heterocycles. The van der Waals surface area contributed by atoms with Gasteiger partial charge in [-0.1, -0.05) is 42.0 Å². The van der Waals surface area contributed by atoms with Crippen LogP contribution < -0.4 is 0 Å². The second-order valence-corrected chi connectivity index (χ2v) is 6.64. The van der Waals surface area contributed by atoms with E-state index in [0.29, 0.717) is 17.7 Å². The first kappa shape index (κ1) is 13.8. The topological polar surface area (TPSA) is 46.5 Å². The first-order valence-electron chi connectivity index (χ1n) is 6.68. The number of fused-ring (bicyclic) bond motifs is 1. The third kappa shape index (κ3) is 2.32. The van der Waals surface area contributed by atoms with E-state index >= 15 is 0 Å². The van der Waals surface area contributed by atoms with E-state index in [1.54, 1.807) is 18.2 Å². The van der Waals surface area contributed by atoms with E-state index in [1.165, 1.54) is 0 Å². The summed E-state index contributed by atoms with van der Waals surface area (Å²) in [6.07, 6.45) is 2.49. The first-order valence-corrected chi connectivity index (χ1v) is 8.12. The van der Waals surface area contributed by atoms with Gasteiger partial charge in [-0.3, -0.25) is 0 Å². The van der Waals surface area contributed by atoms with Gasteiger partial charge in [0.2, 0.25) is 0 Å². The van der Waals surface area contributed by atoms with Gasteiger partial charge in [0.1, 0.15) is 0 Å². The summed E-state index contributed by atoms with van der Waals surface area (Å²) in [4.78, 5) is 0.283. The van der Waals surface area contributed by atoms with Gasteiger partial charge >= 0.3 is 0 Å². The lowest BCUT2D eigenvalue weighted by molar-refractivity contribution is 0.599. The predicted molar refractivity (Wildman–Crippen MR) is 84.3 cm³/mol. The van der Waals surface area contributed by atoms with Crippen molar-refractivity contribution in [3.05, 3.63) is 77.4 Å². The van der Waals surface area contributed by atoms with Crippen LogP contribution in [0.1, 0.15) is 22.3 Å². The van der Waals surface area contributed by atoms with Gasteiger partial charge < -0.3 is 0 Å². The predicted octanol–water partition coefficient (Wildman–Crippen LogP) is 3.26. The molecule has 0 unspecified atom stereocenters. The highest BCUT2D eigenvalue weighted by Gasteiger charge is 2.29. The molecule has 106 valence electrons. The summed E-state index contributed by atoms with van der Waals surface area (Å²) in [5.41, 5.74) is 4.17. The van der Waals surface area contributed by atoms with Crippen LogP contribution in [-0.2, 0) is 16.4 Å². The van der Waals surface area contributed by atoms with E-state index in [0.717, 1.165) is 16.7 Å². The minimum atomic E-state index is -3.59. The average Bonchev–Trinajstić information content (AvgIpc) is 2.74. The van der Waals surface area contributed by atoms with E-state index in [2.05, 4.69) is 11.0 Å². The van der Waals surface area contributed by atoms with E-state index in [1.807, 2.05) is 37.3 Å². The Morgan fingerprint density at radius 2 is 1.90 bits per heavy atom. The zero-order valence-electron chi connectivity index (χ0n) is 11.7. The number of nitrogens with zero attached hydrogens (tertiary/aromatic N) is 1. The normalized spacial score (nSPS) is 15.4. The molecule has 0 N–H and O–H groups in total. The lowest BCUT2D eigenvalue weighted by Gasteiger charge is -2.09. The Kier molecular flexibility index (Phi) is 3.26. The fraction of sp³-hybridized carbons (Fsp3) is 0.118. The van der Waals surface area contributed by atoms with Crippen LogP contribution in [0.2, 0.25) is 0 Å². The lowest BCUT2D eigenvalue weighted by Crippen LogP contribution is -2.05.